The fourth-order valence-corrected chi connectivity index (χ4v) is 0.279. The lowest BCUT2D eigenvalue weighted by atomic mass is 10.2. The molecule has 58 valence electrons. The highest BCUT2D eigenvalue weighted by atomic mass is 19.0. The molecule has 0 aliphatic carbocycles. The first kappa shape index (κ1) is 11.6. The number of rotatable bonds is 3. The number of aliphatic hydroxyl groups is 3. The lowest BCUT2D eigenvalue weighted by molar-refractivity contribution is -0.00894. The molecule has 9 heavy (non-hydrogen) atoms. The van der Waals surface area contributed by atoms with E-state index in [1.165, 1.54) is 0 Å². The van der Waals surface area contributed by atoms with Gasteiger partial charge in [0.15, 0.2) is 0 Å². The Bertz CT molecular complexity index is 55.8. The second-order valence-corrected chi connectivity index (χ2v) is 1.55. The number of halogens is 1. The van der Waals surface area contributed by atoms with Gasteiger partial charge in [-0.05, 0) is 0 Å². The second kappa shape index (κ2) is 5.90. The van der Waals surface area contributed by atoms with E-state index in [9.17, 15) is 0 Å². The van der Waals surface area contributed by atoms with Crippen LogP contribution in [0.25, 0.3) is 0 Å². The van der Waals surface area contributed by atoms with Crippen LogP contribution in [-0.4, -0.2) is 40.7 Å². The van der Waals surface area contributed by atoms with Crippen molar-refractivity contribution in [1.29, 1.82) is 0 Å². The molecular weight excluding hydrogens is 129 g/mol. The molecule has 0 saturated heterocycles. The predicted octanol–water partition coefficient (Wildman–Crippen LogP) is -2.19. The molecule has 0 aromatic carbocycles. The van der Waals surface area contributed by atoms with Crippen LogP contribution in [0, 0.1) is 0 Å². The Balaban J connectivity index is 0. The largest absolute Gasteiger partial charge is 0.394 e. The van der Waals surface area contributed by atoms with Gasteiger partial charge in [0.2, 0.25) is 0 Å². The molecule has 0 aromatic rings. The number of aliphatic hydroxyl groups excluding tert-OH is 3. The van der Waals surface area contributed by atoms with Crippen LogP contribution in [-0.2, 0) is 0 Å². The molecule has 4 nitrogen and oxygen atoms in total. The molecular formula is C4H12FNO3. The lowest BCUT2D eigenvalue weighted by Crippen LogP contribution is -2.35. The molecule has 0 spiro atoms. The van der Waals surface area contributed by atoms with Crippen LogP contribution in [0.15, 0.2) is 0 Å². The summed E-state index contributed by atoms with van der Waals surface area (Å²) in [4.78, 5) is 0. The van der Waals surface area contributed by atoms with Gasteiger partial charge < -0.3 is 21.1 Å². The van der Waals surface area contributed by atoms with Crippen LogP contribution in [0.1, 0.15) is 0 Å². The van der Waals surface area contributed by atoms with Crippen molar-refractivity contribution >= 4 is 0 Å². The van der Waals surface area contributed by atoms with E-state index < -0.39 is 18.8 Å². The van der Waals surface area contributed by atoms with Crippen molar-refractivity contribution in [3.8, 4) is 0 Å². The Morgan fingerprint density at radius 2 is 1.67 bits per heavy atom. The third-order valence-corrected chi connectivity index (χ3v) is 0.873. The maximum atomic E-state index is 8.59. The Labute approximate surface area is 52.3 Å². The summed E-state index contributed by atoms with van der Waals surface area (Å²) in [6.07, 6.45) is -2.10. The molecule has 0 fully saturated rings. The van der Waals surface area contributed by atoms with E-state index in [2.05, 4.69) is 0 Å². The zero-order valence-electron chi connectivity index (χ0n) is 4.90. The van der Waals surface area contributed by atoms with E-state index in [4.69, 9.17) is 21.1 Å². The van der Waals surface area contributed by atoms with Crippen LogP contribution < -0.4 is 5.73 Å². The van der Waals surface area contributed by atoms with Crippen molar-refractivity contribution in [3.05, 3.63) is 0 Å². The van der Waals surface area contributed by atoms with E-state index in [1.54, 1.807) is 0 Å². The molecule has 0 amide bonds. The van der Waals surface area contributed by atoms with Gasteiger partial charge in [-0.1, -0.05) is 0 Å². The summed E-state index contributed by atoms with van der Waals surface area (Å²) < 4.78 is 0. The van der Waals surface area contributed by atoms with E-state index in [0.717, 1.165) is 0 Å². The van der Waals surface area contributed by atoms with Crippen molar-refractivity contribution in [3.63, 3.8) is 0 Å². The SMILES string of the molecule is F.NCC(O)C(O)CO. The average molecular weight is 141 g/mol. The van der Waals surface area contributed by atoms with E-state index in [0.29, 0.717) is 0 Å². The average Bonchev–Trinajstić information content (AvgIpc) is 1.84. The van der Waals surface area contributed by atoms with Crippen LogP contribution in [0.3, 0.4) is 0 Å². The third-order valence-electron chi connectivity index (χ3n) is 0.873. The Morgan fingerprint density at radius 3 is 1.78 bits per heavy atom. The normalized spacial score (nSPS) is 16.0. The minimum atomic E-state index is -1.10. The molecule has 0 aliphatic rings. The van der Waals surface area contributed by atoms with Gasteiger partial charge in [0, 0.05) is 6.54 Å². The zero-order valence-corrected chi connectivity index (χ0v) is 4.90. The molecule has 5 heteroatoms. The van der Waals surface area contributed by atoms with Gasteiger partial charge in [0.1, 0.15) is 6.10 Å². The highest BCUT2D eigenvalue weighted by molar-refractivity contribution is 4.64. The van der Waals surface area contributed by atoms with Gasteiger partial charge in [0.05, 0.1) is 12.7 Å². The summed E-state index contributed by atoms with van der Waals surface area (Å²) in [5.41, 5.74) is 4.93. The number of nitrogens with two attached hydrogens (primary N) is 1. The van der Waals surface area contributed by atoms with E-state index >= 15 is 0 Å². The summed E-state index contributed by atoms with van der Waals surface area (Å²) in [5, 5.41) is 25.3. The molecule has 0 aliphatic heterocycles. The third kappa shape index (κ3) is 4.28. The van der Waals surface area contributed by atoms with Crippen molar-refractivity contribution in [1.82, 2.24) is 0 Å². The number of hydrogen-bond donors (Lipinski definition) is 4. The zero-order chi connectivity index (χ0) is 6.57. The van der Waals surface area contributed by atoms with Crippen molar-refractivity contribution in [2.24, 2.45) is 5.73 Å². The highest BCUT2D eigenvalue weighted by Crippen LogP contribution is 1.87. The van der Waals surface area contributed by atoms with Gasteiger partial charge in [-0.15, -0.1) is 0 Å². The minimum absolute atomic E-state index is 0. The molecule has 2 atom stereocenters. The Kier molecular flexibility index (Phi) is 7.57. The maximum absolute atomic E-state index is 8.59. The fraction of sp³-hybridized carbons (Fsp3) is 1.00. The van der Waals surface area contributed by atoms with E-state index in [-0.39, 0.29) is 11.2 Å². The summed E-state index contributed by atoms with van der Waals surface area (Å²) in [6, 6.07) is 0. The molecule has 5 N–H and O–H groups in total. The van der Waals surface area contributed by atoms with Crippen molar-refractivity contribution in [2.75, 3.05) is 13.2 Å². The molecule has 0 heterocycles. The van der Waals surface area contributed by atoms with Crippen LogP contribution >= 0.6 is 0 Å². The standard InChI is InChI=1S/C4H11NO3.FH/c5-1-3(7)4(8)2-6;/h3-4,6-8H,1-2,5H2;1H. The van der Waals surface area contributed by atoms with Gasteiger partial charge in [-0.3, -0.25) is 4.70 Å². The van der Waals surface area contributed by atoms with Crippen LogP contribution in [0.5, 0.6) is 0 Å². The predicted molar refractivity (Wildman–Crippen MR) is 30.7 cm³/mol. The van der Waals surface area contributed by atoms with Gasteiger partial charge in [-0.25, -0.2) is 0 Å². The molecule has 0 rings (SSSR count). The Morgan fingerprint density at radius 1 is 1.22 bits per heavy atom. The van der Waals surface area contributed by atoms with Gasteiger partial charge >= 0.3 is 0 Å². The van der Waals surface area contributed by atoms with Crippen molar-refractivity contribution in [2.45, 2.75) is 12.2 Å². The molecule has 2 unspecified atom stereocenters. The molecule has 0 radical (unpaired) electrons. The first-order chi connectivity index (χ1) is 3.72. The maximum Gasteiger partial charge on any atom is 0.104 e. The lowest BCUT2D eigenvalue weighted by Gasteiger charge is -2.11. The minimum Gasteiger partial charge on any atom is -0.394 e. The van der Waals surface area contributed by atoms with Crippen LogP contribution in [0.4, 0.5) is 4.70 Å². The monoisotopic (exact) mass is 141 g/mol. The van der Waals surface area contributed by atoms with Crippen molar-refractivity contribution < 1.29 is 20.0 Å². The summed E-state index contributed by atoms with van der Waals surface area (Å²) in [6.45, 7) is -0.472. The quantitative estimate of drug-likeness (QED) is 0.359. The molecule has 0 saturated carbocycles. The highest BCUT2D eigenvalue weighted by Gasteiger charge is 2.11. The summed E-state index contributed by atoms with van der Waals surface area (Å²) in [5.74, 6) is 0. The summed E-state index contributed by atoms with van der Waals surface area (Å²) >= 11 is 0. The van der Waals surface area contributed by atoms with Gasteiger partial charge in [-0.2, -0.15) is 0 Å². The fourth-order valence-electron chi connectivity index (χ4n) is 0.279. The molecule has 0 bridgehead atoms. The van der Waals surface area contributed by atoms with Gasteiger partial charge in [0.25, 0.3) is 0 Å². The number of hydrogen-bond acceptors (Lipinski definition) is 4. The first-order valence-electron chi connectivity index (χ1n) is 2.39. The second-order valence-electron chi connectivity index (χ2n) is 1.55. The summed E-state index contributed by atoms with van der Waals surface area (Å²) in [7, 11) is 0. The Hall–Kier alpha value is -0.230. The smallest absolute Gasteiger partial charge is 0.104 e. The van der Waals surface area contributed by atoms with E-state index in [1.807, 2.05) is 0 Å². The first-order valence-corrected chi connectivity index (χ1v) is 2.39. The topological polar surface area (TPSA) is 86.7 Å². The molecule has 0 aromatic heterocycles. The van der Waals surface area contributed by atoms with Crippen LogP contribution in [0.2, 0.25) is 0 Å².